The molecular weight excluding hydrogens is 258 g/mol. The molecule has 1 aromatic carbocycles. The third kappa shape index (κ3) is 2.34. The van der Waals surface area contributed by atoms with Crippen molar-refractivity contribution in [3.05, 3.63) is 71.2 Å². The SMILES string of the molecule is Cc1cccc2nc(CN3CCc4ccccc4C3)cn12. The monoisotopic (exact) mass is 277 g/mol. The quantitative estimate of drug-likeness (QED) is 0.717. The molecule has 3 aromatic rings. The van der Waals surface area contributed by atoms with E-state index in [0.717, 1.165) is 37.4 Å². The zero-order chi connectivity index (χ0) is 14.2. The minimum absolute atomic E-state index is 0.926. The molecule has 0 bridgehead atoms. The Morgan fingerprint density at radius 2 is 1.90 bits per heavy atom. The molecule has 0 radical (unpaired) electrons. The summed E-state index contributed by atoms with van der Waals surface area (Å²) >= 11 is 0. The Morgan fingerprint density at radius 3 is 2.76 bits per heavy atom. The number of aryl methyl sites for hydroxylation is 1. The molecule has 3 heteroatoms. The molecule has 21 heavy (non-hydrogen) atoms. The fraction of sp³-hybridized carbons (Fsp3) is 0.278. The molecule has 0 amide bonds. The summed E-state index contributed by atoms with van der Waals surface area (Å²) in [5, 5.41) is 0. The zero-order valence-corrected chi connectivity index (χ0v) is 12.3. The van der Waals surface area contributed by atoms with E-state index in [0.29, 0.717) is 0 Å². The molecule has 106 valence electrons. The highest BCUT2D eigenvalue weighted by Gasteiger charge is 2.16. The standard InChI is InChI=1S/C18H19N3/c1-14-5-4-8-18-19-17(13-21(14)18)12-20-10-9-15-6-2-3-7-16(15)11-20/h2-8,13H,9-12H2,1H3. The Bertz CT molecular complexity index is 788. The van der Waals surface area contributed by atoms with Crippen molar-refractivity contribution in [1.29, 1.82) is 0 Å². The van der Waals surface area contributed by atoms with E-state index in [-0.39, 0.29) is 0 Å². The van der Waals surface area contributed by atoms with Gasteiger partial charge in [0.2, 0.25) is 0 Å². The Hall–Kier alpha value is -2.13. The first-order chi connectivity index (χ1) is 10.3. The Labute approximate surface area is 124 Å². The van der Waals surface area contributed by atoms with E-state index in [2.05, 4.69) is 64.9 Å². The molecule has 0 N–H and O–H groups in total. The van der Waals surface area contributed by atoms with Crippen LogP contribution in [0.5, 0.6) is 0 Å². The van der Waals surface area contributed by atoms with Gasteiger partial charge in [0.15, 0.2) is 0 Å². The maximum Gasteiger partial charge on any atom is 0.137 e. The van der Waals surface area contributed by atoms with Gasteiger partial charge >= 0.3 is 0 Å². The van der Waals surface area contributed by atoms with Crippen LogP contribution in [0.15, 0.2) is 48.7 Å². The molecule has 0 atom stereocenters. The lowest BCUT2D eigenvalue weighted by molar-refractivity contribution is 0.243. The van der Waals surface area contributed by atoms with Gasteiger partial charge in [-0.05, 0) is 36.6 Å². The molecule has 3 nitrogen and oxygen atoms in total. The van der Waals surface area contributed by atoms with Crippen molar-refractivity contribution in [3.63, 3.8) is 0 Å². The van der Waals surface area contributed by atoms with Crippen LogP contribution in [0.1, 0.15) is 22.5 Å². The molecule has 0 saturated carbocycles. The van der Waals surface area contributed by atoms with E-state index >= 15 is 0 Å². The van der Waals surface area contributed by atoms with Crippen LogP contribution in [0.25, 0.3) is 5.65 Å². The van der Waals surface area contributed by atoms with Gasteiger partial charge in [-0.15, -0.1) is 0 Å². The van der Waals surface area contributed by atoms with Crippen LogP contribution in [0, 0.1) is 6.92 Å². The van der Waals surface area contributed by atoms with Crippen molar-refractivity contribution in [2.24, 2.45) is 0 Å². The average Bonchev–Trinajstić information content (AvgIpc) is 2.91. The van der Waals surface area contributed by atoms with Crippen molar-refractivity contribution >= 4 is 5.65 Å². The lowest BCUT2D eigenvalue weighted by atomic mass is 10.00. The van der Waals surface area contributed by atoms with Gasteiger partial charge in [0.25, 0.3) is 0 Å². The number of hydrogen-bond donors (Lipinski definition) is 0. The maximum absolute atomic E-state index is 4.74. The number of pyridine rings is 1. The number of rotatable bonds is 2. The summed E-state index contributed by atoms with van der Waals surface area (Å²) in [6, 6.07) is 15.0. The van der Waals surface area contributed by atoms with E-state index in [1.165, 1.54) is 16.8 Å². The fourth-order valence-corrected chi connectivity index (χ4v) is 3.19. The summed E-state index contributed by atoms with van der Waals surface area (Å²) in [7, 11) is 0. The molecule has 0 spiro atoms. The second-order valence-electron chi connectivity index (χ2n) is 5.86. The van der Waals surface area contributed by atoms with Gasteiger partial charge in [-0.2, -0.15) is 0 Å². The first kappa shape index (κ1) is 12.6. The number of fused-ring (bicyclic) bond motifs is 2. The van der Waals surface area contributed by atoms with E-state index in [4.69, 9.17) is 4.98 Å². The first-order valence-corrected chi connectivity index (χ1v) is 7.52. The Kier molecular flexibility index (Phi) is 3.00. The topological polar surface area (TPSA) is 20.5 Å². The lowest BCUT2D eigenvalue weighted by Gasteiger charge is -2.27. The summed E-state index contributed by atoms with van der Waals surface area (Å²) in [6.45, 7) is 5.19. The minimum Gasteiger partial charge on any atom is -0.304 e. The molecule has 1 aliphatic rings. The predicted octanol–water partition coefficient (Wildman–Crippen LogP) is 3.20. The van der Waals surface area contributed by atoms with E-state index in [1.807, 2.05) is 0 Å². The molecule has 0 unspecified atom stereocenters. The molecule has 0 fully saturated rings. The third-order valence-corrected chi connectivity index (χ3v) is 4.34. The zero-order valence-electron chi connectivity index (χ0n) is 12.3. The van der Waals surface area contributed by atoms with Gasteiger partial charge < -0.3 is 4.40 Å². The van der Waals surface area contributed by atoms with Crippen molar-refractivity contribution in [2.45, 2.75) is 26.4 Å². The first-order valence-electron chi connectivity index (χ1n) is 7.52. The van der Waals surface area contributed by atoms with Crippen LogP contribution < -0.4 is 0 Å². The number of imidazole rings is 1. The summed E-state index contributed by atoms with van der Waals surface area (Å²) in [5.41, 5.74) is 6.39. The molecule has 4 rings (SSSR count). The van der Waals surface area contributed by atoms with Crippen molar-refractivity contribution in [3.8, 4) is 0 Å². The van der Waals surface area contributed by atoms with E-state index < -0.39 is 0 Å². The molecule has 2 aromatic heterocycles. The normalized spacial score (nSPS) is 15.3. The van der Waals surface area contributed by atoms with Crippen LogP contribution >= 0.6 is 0 Å². The number of hydrogen-bond acceptors (Lipinski definition) is 2. The highest BCUT2D eigenvalue weighted by atomic mass is 15.1. The van der Waals surface area contributed by atoms with Gasteiger partial charge in [0.05, 0.1) is 5.69 Å². The minimum atomic E-state index is 0.926. The van der Waals surface area contributed by atoms with Crippen molar-refractivity contribution in [1.82, 2.24) is 14.3 Å². The maximum atomic E-state index is 4.74. The fourth-order valence-electron chi connectivity index (χ4n) is 3.19. The highest BCUT2D eigenvalue weighted by Crippen LogP contribution is 2.20. The summed E-state index contributed by atoms with van der Waals surface area (Å²) in [6.07, 6.45) is 3.31. The second-order valence-corrected chi connectivity index (χ2v) is 5.86. The highest BCUT2D eigenvalue weighted by molar-refractivity contribution is 5.41. The van der Waals surface area contributed by atoms with Gasteiger partial charge in [-0.1, -0.05) is 30.3 Å². The largest absolute Gasteiger partial charge is 0.304 e. The van der Waals surface area contributed by atoms with Crippen molar-refractivity contribution in [2.75, 3.05) is 6.54 Å². The number of aromatic nitrogens is 2. The van der Waals surface area contributed by atoms with Crippen LogP contribution in [-0.4, -0.2) is 20.8 Å². The molecular formula is C18H19N3. The Morgan fingerprint density at radius 1 is 1.05 bits per heavy atom. The van der Waals surface area contributed by atoms with Gasteiger partial charge in [-0.25, -0.2) is 4.98 Å². The molecule has 0 saturated heterocycles. The van der Waals surface area contributed by atoms with Gasteiger partial charge in [0.1, 0.15) is 5.65 Å². The van der Waals surface area contributed by atoms with Crippen LogP contribution in [0.2, 0.25) is 0 Å². The number of nitrogens with zero attached hydrogens (tertiary/aromatic N) is 3. The molecule has 3 heterocycles. The summed E-state index contributed by atoms with van der Waals surface area (Å²) in [4.78, 5) is 7.23. The molecule has 0 aliphatic carbocycles. The van der Waals surface area contributed by atoms with Crippen LogP contribution in [-0.2, 0) is 19.5 Å². The van der Waals surface area contributed by atoms with Crippen LogP contribution in [0.3, 0.4) is 0 Å². The smallest absolute Gasteiger partial charge is 0.137 e. The average molecular weight is 277 g/mol. The summed E-state index contributed by atoms with van der Waals surface area (Å²) < 4.78 is 2.17. The third-order valence-electron chi connectivity index (χ3n) is 4.34. The van der Waals surface area contributed by atoms with E-state index in [1.54, 1.807) is 0 Å². The predicted molar refractivity (Wildman–Crippen MR) is 84.2 cm³/mol. The Balaban J connectivity index is 1.57. The lowest BCUT2D eigenvalue weighted by Crippen LogP contribution is -2.30. The van der Waals surface area contributed by atoms with E-state index in [9.17, 15) is 0 Å². The number of benzene rings is 1. The van der Waals surface area contributed by atoms with Crippen LogP contribution in [0.4, 0.5) is 0 Å². The molecule has 1 aliphatic heterocycles. The van der Waals surface area contributed by atoms with Gasteiger partial charge in [-0.3, -0.25) is 4.90 Å². The second kappa shape index (κ2) is 5.01. The van der Waals surface area contributed by atoms with Gasteiger partial charge in [0, 0.05) is 31.5 Å². The van der Waals surface area contributed by atoms with Crippen molar-refractivity contribution < 1.29 is 0 Å². The summed E-state index contributed by atoms with van der Waals surface area (Å²) in [5.74, 6) is 0.